The molecule has 2 rings (SSSR count). The first kappa shape index (κ1) is 14.4. The van der Waals surface area contributed by atoms with Crippen LogP contribution < -0.4 is 15.4 Å². The van der Waals surface area contributed by atoms with Gasteiger partial charge in [0.1, 0.15) is 11.9 Å². The van der Waals surface area contributed by atoms with E-state index in [1.165, 1.54) is 5.69 Å². The summed E-state index contributed by atoms with van der Waals surface area (Å²) in [5.74, 6) is 0.858. The lowest BCUT2D eigenvalue weighted by Gasteiger charge is -2.17. The molecule has 0 amide bonds. The van der Waals surface area contributed by atoms with Crippen molar-refractivity contribution < 1.29 is 4.74 Å². The highest BCUT2D eigenvalue weighted by Gasteiger charge is 2.08. The van der Waals surface area contributed by atoms with Crippen molar-refractivity contribution in [2.45, 2.75) is 19.6 Å². The Balaban J connectivity index is 2.08. The van der Waals surface area contributed by atoms with E-state index in [4.69, 9.17) is 10.5 Å². The number of anilines is 1. The molecule has 0 spiro atoms. The lowest BCUT2D eigenvalue weighted by atomic mass is 10.1. The molecule has 0 aliphatic rings. The molecular weight excluding hydrogens is 248 g/mol. The van der Waals surface area contributed by atoms with Gasteiger partial charge in [-0.25, -0.2) is 0 Å². The number of hydrogen-bond acceptors (Lipinski definition) is 3. The van der Waals surface area contributed by atoms with Gasteiger partial charge < -0.3 is 15.4 Å². The summed E-state index contributed by atoms with van der Waals surface area (Å²) in [6, 6.07) is 16.3. The smallest absolute Gasteiger partial charge is 0.121 e. The van der Waals surface area contributed by atoms with Gasteiger partial charge in [0.05, 0.1) is 0 Å². The highest BCUT2D eigenvalue weighted by atomic mass is 16.5. The Morgan fingerprint density at radius 2 is 1.80 bits per heavy atom. The van der Waals surface area contributed by atoms with E-state index in [-0.39, 0.29) is 6.10 Å². The number of hydrogen-bond donors (Lipinski definition) is 1. The molecule has 106 valence electrons. The third-order valence-electron chi connectivity index (χ3n) is 3.33. The Morgan fingerprint density at radius 3 is 2.40 bits per heavy atom. The molecule has 3 nitrogen and oxygen atoms in total. The molecule has 0 heterocycles. The van der Waals surface area contributed by atoms with Crippen molar-refractivity contribution in [1.82, 2.24) is 0 Å². The van der Waals surface area contributed by atoms with Crippen molar-refractivity contribution in [2.24, 2.45) is 5.73 Å². The maximum Gasteiger partial charge on any atom is 0.121 e. The normalized spacial score (nSPS) is 12.0. The topological polar surface area (TPSA) is 38.5 Å². The molecule has 0 aliphatic carbocycles. The molecule has 0 saturated heterocycles. The van der Waals surface area contributed by atoms with Crippen LogP contribution in [-0.2, 0) is 6.54 Å². The average molecular weight is 270 g/mol. The predicted octanol–water partition coefficient (Wildman–Crippen LogP) is 3.35. The maximum absolute atomic E-state index is 5.97. The van der Waals surface area contributed by atoms with Gasteiger partial charge in [0, 0.05) is 26.3 Å². The monoisotopic (exact) mass is 270 g/mol. The molecule has 1 unspecified atom stereocenters. The molecule has 2 N–H and O–H groups in total. The fourth-order valence-electron chi connectivity index (χ4n) is 2.06. The minimum Gasteiger partial charge on any atom is -0.486 e. The third kappa shape index (κ3) is 3.52. The minimum absolute atomic E-state index is 0.0132. The van der Waals surface area contributed by atoms with Gasteiger partial charge in [-0.15, -0.1) is 0 Å². The average Bonchev–Trinajstić information content (AvgIpc) is 2.47. The fraction of sp³-hybridized carbons (Fsp3) is 0.294. The van der Waals surface area contributed by atoms with E-state index in [0.29, 0.717) is 6.54 Å². The molecule has 2 aromatic carbocycles. The summed E-state index contributed by atoms with van der Waals surface area (Å²) in [5, 5.41) is 0. The molecule has 0 fully saturated rings. The largest absolute Gasteiger partial charge is 0.486 e. The van der Waals surface area contributed by atoms with Crippen LogP contribution in [0.4, 0.5) is 5.69 Å². The first-order valence-electron chi connectivity index (χ1n) is 6.83. The number of nitrogens with zero attached hydrogens (tertiary/aromatic N) is 1. The number of nitrogens with two attached hydrogens (primary N) is 1. The fourth-order valence-corrected chi connectivity index (χ4v) is 2.06. The SMILES string of the molecule is CC(Oc1cccc(CN)c1)c1ccc(N(C)C)cc1. The predicted molar refractivity (Wildman–Crippen MR) is 84.1 cm³/mol. The summed E-state index contributed by atoms with van der Waals surface area (Å²) >= 11 is 0. The Labute approximate surface area is 121 Å². The number of benzene rings is 2. The van der Waals surface area contributed by atoms with Crippen LogP contribution in [0.1, 0.15) is 24.2 Å². The van der Waals surface area contributed by atoms with E-state index < -0.39 is 0 Å². The summed E-state index contributed by atoms with van der Waals surface area (Å²) in [4.78, 5) is 2.08. The van der Waals surface area contributed by atoms with Crippen molar-refractivity contribution >= 4 is 5.69 Å². The standard InChI is InChI=1S/C17H22N2O/c1-13(15-7-9-16(10-8-15)19(2)3)20-17-6-4-5-14(11-17)12-18/h4-11,13H,12,18H2,1-3H3. The van der Waals surface area contributed by atoms with Gasteiger partial charge in [-0.3, -0.25) is 0 Å². The van der Waals surface area contributed by atoms with Crippen molar-refractivity contribution in [2.75, 3.05) is 19.0 Å². The second-order valence-electron chi connectivity index (χ2n) is 5.10. The van der Waals surface area contributed by atoms with Crippen LogP contribution in [0.15, 0.2) is 48.5 Å². The zero-order chi connectivity index (χ0) is 14.5. The highest BCUT2D eigenvalue weighted by Crippen LogP contribution is 2.24. The lowest BCUT2D eigenvalue weighted by Crippen LogP contribution is -2.09. The van der Waals surface area contributed by atoms with Crippen LogP contribution in [-0.4, -0.2) is 14.1 Å². The Morgan fingerprint density at radius 1 is 1.10 bits per heavy atom. The molecule has 1 atom stereocenters. The maximum atomic E-state index is 5.97. The molecular formula is C17H22N2O. The van der Waals surface area contributed by atoms with Gasteiger partial charge >= 0.3 is 0 Å². The molecule has 2 aromatic rings. The van der Waals surface area contributed by atoms with Crippen LogP contribution in [0.25, 0.3) is 0 Å². The van der Waals surface area contributed by atoms with Gasteiger partial charge in [0.2, 0.25) is 0 Å². The molecule has 20 heavy (non-hydrogen) atoms. The number of ether oxygens (including phenoxy) is 1. The third-order valence-corrected chi connectivity index (χ3v) is 3.33. The van der Waals surface area contributed by atoms with Gasteiger partial charge in [0.15, 0.2) is 0 Å². The van der Waals surface area contributed by atoms with Crippen LogP contribution in [0.5, 0.6) is 5.75 Å². The Hall–Kier alpha value is -2.00. The summed E-state index contributed by atoms with van der Waals surface area (Å²) in [6.07, 6.45) is 0.0132. The zero-order valence-corrected chi connectivity index (χ0v) is 12.3. The van der Waals surface area contributed by atoms with Crippen molar-refractivity contribution in [3.8, 4) is 5.75 Å². The summed E-state index contributed by atoms with van der Waals surface area (Å²) in [6.45, 7) is 2.59. The Bertz CT molecular complexity index is 549. The van der Waals surface area contributed by atoms with Crippen LogP contribution in [0.2, 0.25) is 0 Å². The second kappa shape index (κ2) is 6.44. The van der Waals surface area contributed by atoms with Crippen LogP contribution in [0, 0.1) is 0 Å². The molecule has 3 heteroatoms. The molecule has 0 bridgehead atoms. The van der Waals surface area contributed by atoms with Crippen LogP contribution >= 0.6 is 0 Å². The van der Waals surface area contributed by atoms with E-state index in [1.54, 1.807) is 0 Å². The second-order valence-corrected chi connectivity index (χ2v) is 5.10. The molecule has 0 saturated carbocycles. The van der Waals surface area contributed by atoms with Crippen LogP contribution in [0.3, 0.4) is 0 Å². The minimum atomic E-state index is 0.0132. The zero-order valence-electron chi connectivity index (χ0n) is 12.3. The molecule has 0 aromatic heterocycles. The van der Waals surface area contributed by atoms with Gasteiger partial charge in [0.25, 0.3) is 0 Å². The van der Waals surface area contributed by atoms with Crippen molar-refractivity contribution in [3.05, 3.63) is 59.7 Å². The first-order valence-corrected chi connectivity index (χ1v) is 6.83. The van der Waals surface area contributed by atoms with E-state index in [0.717, 1.165) is 16.9 Å². The highest BCUT2D eigenvalue weighted by molar-refractivity contribution is 5.46. The Kier molecular flexibility index (Phi) is 4.64. The van der Waals surface area contributed by atoms with Gasteiger partial charge in [-0.05, 0) is 42.3 Å². The lowest BCUT2D eigenvalue weighted by molar-refractivity contribution is 0.227. The van der Waals surface area contributed by atoms with Crippen molar-refractivity contribution in [1.29, 1.82) is 0 Å². The van der Waals surface area contributed by atoms with Gasteiger partial charge in [-0.2, -0.15) is 0 Å². The molecule has 0 aliphatic heterocycles. The van der Waals surface area contributed by atoms with Crippen molar-refractivity contribution in [3.63, 3.8) is 0 Å². The van der Waals surface area contributed by atoms with E-state index >= 15 is 0 Å². The number of rotatable bonds is 5. The van der Waals surface area contributed by atoms with E-state index in [9.17, 15) is 0 Å². The van der Waals surface area contributed by atoms with E-state index in [2.05, 4.69) is 36.1 Å². The quantitative estimate of drug-likeness (QED) is 0.905. The first-order chi connectivity index (χ1) is 9.60. The summed E-state index contributed by atoms with van der Waals surface area (Å²) in [7, 11) is 4.07. The molecule has 0 radical (unpaired) electrons. The van der Waals surface area contributed by atoms with E-state index in [1.807, 2.05) is 38.4 Å². The summed E-state index contributed by atoms with van der Waals surface area (Å²) in [5.41, 5.74) is 9.07. The summed E-state index contributed by atoms with van der Waals surface area (Å²) < 4.78 is 5.97. The van der Waals surface area contributed by atoms with Gasteiger partial charge in [-0.1, -0.05) is 24.3 Å².